The Kier molecular flexibility index (Phi) is 5.86. The first-order chi connectivity index (χ1) is 10.9. The monoisotopic (exact) mass is 337 g/mol. The zero-order valence-electron chi connectivity index (χ0n) is 12.9. The molecular formula is C15H19N3O4S. The summed E-state index contributed by atoms with van der Waals surface area (Å²) < 4.78 is 27.4. The fourth-order valence-corrected chi connectivity index (χ4v) is 2.38. The zero-order chi connectivity index (χ0) is 16.7. The molecule has 0 saturated carbocycles. The molecule has 2 rings (SSSR count). The molecule has 8 heteroatoms. The van der Waals surface area contributed by atoms with Crippen LogP contribution in [0.15, 0.2) is 40.0 Å². The molecule has 1 amide bonds. The van der Waals surface area contributed by atoms with Crippen LogP contribution in [-0.4, -0.2) is 37.3 Å². The summed E-state index contributed by atoms with van der Waals surface area (Å²) in [4.78, 5) is 11.7. The van der Waals surface area contributed by atoms with Gasteiger partial charge in [0.1, 0.15) is 0 Å². The van der Waals surface area contributed by atoms with E-state index in [1.807, 2.05) is 30.3 Å². The van der Waals surface area contributed by atoms with Gasteiger partial charge in [0.15, 0.2) is 0 Å². The molecule has 0 saturated heterocycles. The van der Waals surface area contributed by atoms with Crippen molar-refractivity contribution in [2.45, 2.75) is 30.9 Å². The molecule has 0 radical (unpaired) electrons. The van der Waals surface area contributed by atoms with Crippen molar-refractivity contribution in [2.24, 2.45) is 0 Å². The Hall–Kier alpha value is -2.22. The number of hydrogen-bond acceptors (Lipinski definition) is 6. The number of nitrogens with zero attached hydrogens (tertiary/aromatic N) is 2. The molecule has 7 nitrogen and oxygen atoms in total. The number of amides is 1. The van der Waals surface area contributed by atoms with Gasteiger partial charge in [0.25, 0.3) is 0 Å². The highest BCUT2D eigenvalue weighted by Crippen LogP contribution is 2.08. The molecule has 1 aromatic heterocycles. The first-order valence-electron chi connectivity index (χ1n) is 7.28. The van der Waals surface area contributed by atoms with Gasteiger partial charge in [-0.25, -0.2) is 8.42 Å². The van der Waals surface area contributed by atoms with Crippen molar-refractivity contribution < 1.29 is 17.6 Å². The summed E-state index contributed by atoms with van der Waals surface area (Å²) in [5.41, 5.74) is 1.13. The number of aryl methyl sites for hydroxylation is 2. The normalized spacial score (nSPS) is 11.3. The van der Waals surface area contributed by atoms with Gasteiger partial charge < -0.3 is 9.73 Å². The van der Waals surface area contributed by atoms with Crippen molar-refractivity contribution in [3.8, 4) is 0 Å². The lowest BCUT2D eigenvalue weighted by Gasteiger charge is -2.04. The standard InChI is InChI=1S/C15H19N3O4S/c1-23(20,21)15-18-17-14(22-15)8-5-11-16-13(19)10-9-12-6-3-2-4-7-12/h2-4,6-7H,5,8-11H2,1H3,(H,16,19). The van der Waals surface area contributed by atoms with E-state index in [4.69, 9.17) is 4.42 Å². The Morgan fingerprint density at radius 1 is 1.17 bits per heavy atom. The second-order valence-electron chi connectivity index (χ2n) is 5.17. The van der Waals surface area contributed by atoms with Crippen LogP contribution in [0.2, 0.25) is 0 Å². The van der Waals surface area contributed by atoms with Gasteiger partial charge in [-0.3, -0.25) is 4.79 Å². The van der Waals surface area contributed by atoms with Crippen LogP contribution in [0.3, 0.4) is 0 Å². The molecule has 0 atom stereocenters. The first-order valence-corrected chi connectivity index (χ1v) is 9.17. The highest BCUT2D eigenvalue weighted by molar-refractivity contribution is 7.90. The number of benzene rings is 1. The Bertz CT molecular complexity index is 741. The topological polar surface area (TPSA) is 102 Å². The Morgan fingerprint density at radius 3 is 2.57 bits per heavy atom. The van der Waals surface area contributed by atoms with Crippen LogP contribution in [0.4, 0.5) is 0 Å². The van der Waals surface area contributed by atoms with Crippen LogP contribution in [0, 0.1) is 0 Å². The lowest BCUT2D eigenvalue weighted by molar-refractivity contribution is -0.121. The fraction of sp³-hybridized carbons (Fsp3) is 0.400. The average Bonchev–Trinajstić information content (AvgIpc) is 3.00. The van der Waals surface area contributed by atoms with E-state index in [0.717, 1.165) is 11.8 Å². The van der Waals surface area contributed by atoms with Crippen LogP contribution >= 0.6 is 0 Å². The van der Waals surface area contributed by atoms with Crippen LogP contribution in [-0.2, 0) is 27.5 Å². The predicted octanol–water partition coefficient (Wildman–Crippen LogP) is 1.15. The first kappa shape index (κ1) is 17.1. The smallest absolute Gasteiger partial charge is 0.335 e. The summed E-state index contributed by atoms with van der Waals surface area (Å²) in [5, 5.41) is 9.58. The summed E-state index contributed by atoms with van der Waals surface area (Å²) in [6, 6.07) is 9.81. The molecule has 0 bridgehead atoms. The number of aromatic nitrogens is 2. The van der Waals surface area contributed by atoms with Gasteiger partial charge >= 0.3 is 5.22 Å². The maximum atomic E-state index is 11.7. The minimum absolute atomic E-state index is 0.0174. The lowest BCUT2D eigenvalue weighted by atomic mass is 10.1. The van der Waals surface area contributed by atoms with Crippen molar-refractivity contribution in [3.05, 3.63) is 41.8 Å². The van der Waals surface area contributed by atoms with Crippen LogP contribution in [0.1, 0.15) is 24.3 Å². The minimum atomic E-state index is -3.47. The van der Waals surface area contributed by atoms with Gasteiger partial charge in [-0.15, -0.1) is 5.10 Å². The third kappa shape index (κ3) is 5.82. The van der Waals surface area contributed by atoms with E-state index in [1.165, 1.54) is 0 Å². The van der Waals surface area contributed by atoms with E-state index in [-0.39, 0.29) is 17.0 Å². The average molecular weight is 337 g/mol. The van der Waals surface area contributed by atoms with E-state index in [9.17, 15) is 13.2 Å². The molecular weight excluding hydrogens is 318 g/mol. The summed E-state index contributed by atoms with van der Waals surface area (Å²) in [6.07, 6.45) is 3.16. The van der Waals surface area contributed by atoms with Crippen LogP contribution in [0.25, 0.3) is 0 Å². The third-order valence-electron chi connectivity index (χ3n) is 3.14. The molecule has 1 heterocycles. The van der Waals surface area contributed by atoms with Gasteiger partial charge in [-0.1, -0.05) is 35.4 Å². The molecule has 23 heavy (non-hydrogen) atoms. The maximum absolute atomic E-state index is 11.7. The van der Waals surface area contributed by atoms with Crippen molar-refractivity contribution >= 4 is 15.7 Å². The minimum Gasteiger partial charge on any atom is -0.413 e. The second-order valence-corrected chi connectivity index (χ2v) is 7.07. The van der Waals surface area contributed by atoms with E-state index in [1.54, 1.807) is 0 Å². The maximum Gasteiger partial charge on any atom is 0.335 e. The van der Waals surface area contributed by atoms with Crippen LogP contribution in [0.5, 0.6) is 0 Å². The van der Waals surface area contributed by atoms with Gasteiger partial charge in [0.05, 0.1) is 0 Å². The van der Waals surface area contributed by atoms with Gasteiger partial charge in [-0.2, -0.15) is 0 Å². The molecule has 1 N–H and O–H groups in total. The van der Waals surface area contributed by atoms with Crippen LogP contribution < -0.4 is 5.32 Å². The molecule has 2 aromatic rings. The van der Waals surface area contributed by atoms with E-state index in [0.29, 0.717) is 32.2 Å². The molecule has 0 aliphatic heterocycles. The molecule has 1 aromatic carbocycles. The number of rotatable bonds is 8. The van der Waals surface area contributed by atoms with E-state index < -0.39 is 9.84 Å². The van der Waals surface area contributed by atoms with Crippen molar-refractivity contribution in [3.63, 3.8) is 0 Å². The SMILES string of the molecule is CS(=O)(=O)c1nnc(CCCNC(=O)CCc2ccccc2)o1. The zero-order valence-corrected chi connectivity index (χ0v) is 13.7. The molecule has 0 aliphatic carbocycles. The van der Waals surface area contributed by atoms with Gasteiger partial charge in [0.2, 0.25) is 21.6 Å². The third-order valence-corrected chi connectivity index (χ3v) is 3.94. The van der Waals surface area contributed by atoms with Crippen molar-refractivity contribution in [1.82, 2.24) is 15.5 Å². The summed E-state index contributed by atoms with van der Waals surface area (Å²) in [7, 11) is -3.47. The highest BCUT2D eigenvalue weighted by atomic mass is 32.2. The summed E-state index contributed by atoms with van der Waals surface area (Å²) in [6.45, 7) is 0.476. The summed E-state index contributed by atoms with van der Waals surface area (Å²) in [5.74, 6) is 0.236. The largest absolute Gasteiger partial charge is 0.413 e. The quantitative estimate of drug-likeness (QED) is 0.725. The van der Waals surface area contributed by atoms with Gasteiger partial charge in [-0.05, 0) is 18.4 Å². The molecule has 124 valence electrons. The second kappa shape index (κ2) is 7.87. The predicted molar refractivity (Wildman–Crippen MR) is 83.5 cm³/mol. The number of nitrogens with one attached hydrogen (secondary N) is 1. The van der Waals surface area contributed by atoms with E-state index >= 15 is 0 Å². The fourth-order valence-electron chi connectivity index (χ4n) is 1.95. The Morgan fingerprint density at radius 2 is 1.91 bits per heavy atom. The number of carbonyl (C=O) groups is 1. The van der Waals surface area contributed by atoms with Crippen molar-refractivity contribution in [2.75, 3.05) is 12.8 Å². The van der Waals surface area contributed by atoms with E-state index in [2.05, 4.69) is 15.5 Å². The Balaban J connectivity index is 1.65. The highest BCUT2D eigenvalue weighted by Gasteiger charge is 2.16. The number of hydrogen-bond donors (Lipinski definition) is 1. The van der Waals surface area contributed by atoms with Crippen molar-refractivity contribution in [1.29, 1.82) is 0 Å². The van der Waals surface area contributed by atoms with Gasteiger partial charge in [0, 0.05) is 25.6 Å². The molecule has 0 fully saturated rings. The Labute approximate surface area is 135 Å². The number of sulfone groups is 1. The molecule has 0 unspecified atom stereocenters. The summed E-state index contributed by atoms with van der Waals surface area (Å²) >= 11 is 0. The molecule has 0 spiro atoms. The lowest BCUT2D eigenvalue weighted by Crippen LogP contribution is -2.25. The number of carbonyl (C=O) groups excluding carboxylic acids is 1. The molecule has 0 aliphatic rings.